The number of halogens is 1. The van der Waals surface area contributed by atoms with E-state index in [4.69, 9.17) is 4.74 Å². The van der Waals surface area contributed by atoms with Crippen molar-refractivity contribution in [1.82, 2.24) is 4.90 Å². The van der Waals surface area contributed by atoms with Crippen molar-refractivity contribution in [3.8, 4) is 0 Å². The first-order valence-corrected chi connectivity index (χ1v) is 7.16. The number of hydrogen-bond acceptors (Lipinski definition) is 3. The van der Waals surface area contributed by atoms with Crippen LogP contribution in [0.25, 0.3) is 0 Å². The van der Waals surface area contributed by atoms with Gasteiger partial charge in [0.15, 0.2) is 0 Å². The molecule has 20 heavy (non-hydrogen) atoms. The van der Waals surface area contributed by atoms with E-state index in [0.717, 1.165) is 25.2 Å². The van der Waals surface area contributed by atoms with Gasteiger partial charge in [0.25, 0.3) is 0 Å². The van der Waals surface area contributed by atoms with Crippen molar-refractivity contribution in [2.45, 2.75) is 39.2 Å². The van der Waals surface area contributed by atoms with Crippen molar-refractivity contribution in [2.24, 2.45) is 0 Å². The molecule has 0 aliphatic carbocycles. The number of hydrogen-bond donors (Lipinski definition) is 0. The Morgan fingerprint density at radius 2 is 1.90 bits per heavy atom. The van der Waals surface area contributed by atoms with Gasteiger partial charge >= 0.3 is 5.97 Å². The van der Waals surface area contributed by atoms with Crippen molar-refractivity contribution < 1.29 is 9.53 Å². The van der Waals surface area contributed by atoms with Crippen molar-refractivity contribution in [1.29, 1.82) is 0 Å². The van der Waals surface area contributed by atoms with Crippen molar-refractivity contribution in [3.63, 3.8) is 0 Å². The molecule has 0 aromatic heterocycles. The summed E-state index contributed by atoms with van der Waals surface area (Å²) in [5, 5.41) is 0. The number of aryl methyl sites for hydroxylation is 1. The second kappa shape index (κ2) is 8.28. The Morgan fingerprint density at radius 3 is 2.55 bits per heavy atom. The quantitative estimate of drug-likeness (QED) is 0.797. The number of likely N-dealkylation sites (tertiary alicyclic amines) is 1. The maximum absolute atomic E-state index is 12.1. The van der Waals surface area contributed by atoms with Crippen LogP contribution >= 0.6 is 12.4 Å². The number of ether oxygens (including phenoxy) is 1. The fraction of sp³-hybridized carbons (Fsp3) is 0.562. The molecule has 1 aliphatic heterocycles. The highest BCUT2D eigenvalue weighted by Gasteiger charge is 2.17. The lowest BCUT2D eigenvalue weighted by molar-refractivity contribution is 0.0235. The Hall–Kier alpha value is -1.06. The Morgan fingerprint density at radius 1 is 1.25 bits per heavy atom. The van der Waals surface area contributed by atoms with Crippen LogP contribution in [-0.4, -0.2) is 36.6 Å². The Labute approximate surface area is 127 Å². The molecule has 0 radical (unpaired) electrons. The zero-order valence-electron chi connectivity index (χ0n) is 12.3. The lowest BCUT2D eigenvalue weighted by Gasteiger charge is -2.28. The normalized spacial score (nSPS) is 17.1. The molecule has 2 rings (SSSR count). The fourth-order valence-corrected chi connectivity index (χ4v) is 2.59. The van der Waals surface area contributed by atoms with E-state index in [2.05, 4.69) is 4.90 Å². The molecular formula is C16H24ClNO2. The van der Waals surface area contributed by atoms with E-state index in [0.29, 0.717) is 5.56 Å². The van der Waals surface area contributed by atoms with E-state index in [1.807, 2.05) is 38.1 Å². The number of rotatable bonds is 4. The first-order chi connectivity index (χ1) is 9.16. The monoisotopic (exact) mass is 297 g/mol. The van der Waals surface area contributed by atoms with Crippen LogP contribution in [-0.2, 0) is 4.74 Å². The molecule has 1 unspecified atom stereocenters. The smallest absolute Gasteiger partial charge is 0.338 e. The van der Waals surface area contributed by atoms with Crippen LogP contribution in [0.15, 0.2) is 24.3 Å². The highest BCUT2D eigenvalue weighted by atomic mass is 35.5. The standard InChI is InChI=1S/C16H23NO2.ClH/c1-13-8-4-5-9-15(13)16(18)19-14(2)12-17-10-6-3-7-11-17;/h4-5,8-9,14H,3,6-7,10-12H2,1-2H3;1H. The second-order valence-electron chi connectivity index (χ2n) is 5.39. The van der Waals surface area contributed by atoms with Gasteiger partial charge in [0.1, 0.15) is 6.10 Å². The maximum Gasteiger partial charge on any atom is 0.338 e. The van der Waals surface area contributed by atoms with E-state index in [1.54, 1.807) is 0 Å². The number of esters is 1. The fourth-order valence-electron chi connectivity index (χ4n) is 2.59. The molecule has 1 aromatic rings. The number of benzene rings is 1. The topological polar surface area (TPSA) is 29.5 Å². The Bertz CT molecular complexity index is 430. The third-order valence-corrected chi connectivity index (χ3v) is 3.64. The summed E-state index contributed by atoms with van der Waals surface area (Å²) < 4.78 is 5.54. The largest absolute Gasteiger partial charge is 0.458 e. The zero-order chi connectivity index (χ0) is 13.7. The number of piperidine rings is 1. The Balaban J connectivity index is 0.00000200. The van der Waals surface area contributed by atoms with Crippen LogP contribution in [0.3, 0.4) is 0 Å². The molecule has 0 bridgehead atoms. The minimum absolute atomic E-state index is 0. The van der Waals surface area contributed by atoms with Crippen LogP contribution in [0.4, 0.5) is 0 Å². The molecule has 3 nitrogen and oxygen atoms in total. The van der Waals surface area contributed by atoms with Gasteiger partial charge in [-0.05, 0) is 51.4 Å². The molecule has 112 valence electrons. The average Bonchev–Trinajstić information content (AvgIpc) is 2.40. The SMILES string of the molecule is Cc1ccccc1C(=O)OC(C)CN1CCCCC1.Cl. The summed E-state index contributed by atoms with van der Waals surface area (Å²) in [6.07, 6.45) is 3.80. The predicted molar refractivity (Wildman–Crippen MR) is 83.6 cm³/mol. The first-order valence-electron chi connectivity index (χ1n) is 7.16. The highest BCUT2D eigenvalue weighted by Crippen LogP contribution is 2.12. The molecule has 0 spiro atoms. The summed E-state index contributed by atoms with van der Waals surface area (Å²) in [4.78, 5) is 14.5. The van der Waals surface area contributed by atoms with Gasteiger partial charge in [-0.2, -0.15) is 0 Å². The zero-order valence-corrected chi connectivity index (χ0v) is 13.1. The molecule has 1 aliphatic rings. The van der Waals surface area contributed by atoms with E-state index in [1.165, 1.54) is 19.3 Å². The van der Waals surface area contributed by atoms with Crippen LogP contribution < -0.4 is 0 Å². The summed E-state index contributed by atoms with van der Waals surface area (Å²) in [7, 11) is 0. The van der Waals surface area contributed by atoms with E-state index in [9.17, 15) is 4.79 Å². The Kier molecular flexibility index (Phi) is 7.03. The average molecular weight is 298 g/mol. The summed E-state index contributed by atoms with van der Waals surface area (Å²) in [5.74, 6) is -0.206. The summed E-state index contributed by atoms with van der Waals surface area (Å²) in [5.41, 5.74) is 1.64. The van der Waals surface area contributed by atoms with Gasteiger partial charge in [0.05, 0.1) is 5.56 Å². The molecule has 0 saturated carbocycles. The van der Waals surface area contributed by atoms with Crippen molar-refractivity contribution in [2.75, 3.05) is 19.6 Å². The van der Waals surface area contributed by atoms with Crippen molar-refractivity contribution in [3.05, 3.63) is 35.4 Å². The molecule has 1 heterocycles. The predicted octanol–water partition coefficient (Wildman–Crippen LogP) is 3.45. The molecule has 0 amide bonds. The summed E-state index contributed by atoms with van der Waals surface area (Å²) >= 11 is 0. The van der Waals surface area contributed by atoms with Crippen LogP contribution in [0.1, 0.15) is 42.1 Å². The molecule has 1 saturated heterocycles. The number of carbonyl (C=O) groups excluding carboxylic acids is 1. The molecule has 1 fully saturated rings. The van der Waals surface area contributed by atoms with Crippen LogP contribution in [0.2, 0.25) is 0 Å². The molecule has 0 N–H and O–H groups in total. The number of nitrogens with zero attached hydrogens (tertiary/aromatic N) is 1. The lowest BCUT2D eigenvalue weighted by atomic mass is 10.1. The van der Waals surface area contributed by atoms with Gasteiger partial charge in [-0.3, -0.25) is 4.90 Å². The second-order valence-corrected chi connectivity index (χ2v) is 5.39. The molecule has 4 heteroatoms. The van der Waals surface area contributed by atoms with Gasteiger partial charge in [0.2, 0.25) is 0 Å². The molecule has 1 aromatic carbocycles. The van der Waals surface area contributed by atoms with Gasteiger partial charge in [-0.1, -0.05) is 24.6 Å². The van der Waals surface area contributed by atoms with E-state index in [-0.39, 0.29) is 24.5 Å². The van der Waals surface area contributed by atoms with Gasteiger partial charge in [-0.15, -0.1) is 12.4 Å². The third-order valence-electron chi connectivity index (χ3n) is 3.64. The third kappa shape index (κ3) is 4.80. The highest BCUT2D eigenvalue weighted by molar-refractivity contribution is 5.91. The minimum Gasteiger partial charge on any atom is -0.458 e. The first kappa shape index (κ1) is 17.0. The van der Waals surface area contributed by atoms with Gasteiger partial charge < -0.3 is 4.74 Å². The van der Waals surface area contributed by atoms with Crippen LogP contribution in [0.5, 0.6) is 0 Å². The van der Waals surface area contributed by atoms with Crippen molar-refractivity contribution >= 4 is 18.4 Å². The lowest BCUT2D eigenvalue weighted by Crippen LogP contribution is -2.37. The van der Waals surface area contributed by atoms with Gasteiger partial charge in [-0.25, -0.2) is 4.79 Å². The molecule has 1 atom stereocenters. The number of carbonyl (C=O) groups is 1. The van der Waals surface area contributed by atoms with E-state index >= 15 is 0 Å². The van der Waals surface area contributed by atoms with E-state index < -0.39 is 0 Å². The molecular weight excluding hydrogens is 274 g/mol. The summed E-state index contributed by atoms with van der Waals surface area (Å²) in [6, 6.07) is 7.57. The van der Waals surface area contributed by atoms with Crippen LogP contribution in [0, 0.1) is 6.92 Å². The maximum atomic E-state index is 12.1. The van der Waals surface area contributed by atoms with Gasteiger partial charge in [0, 0.05) is 6.54 Å². The minimum atomic E-state index is -0.206. The summed E-state index contributed by atoms with van der Waals surface area (Å²) in [6.45, 7) is 7.02.